The summed E-state index contributed by atoms with van der Waals surface area (Å²) in [6.45, 7) is 9.16. The standard InChI is InChI=1S/C8H16N2Si/c1-8-9-5-6-10(8)7-11(2,3)4/h5-6H,7H2,1-4H3. The minimum Gasteiger partial charge on any atom is -0.338 e. The van der Waals surface area contributed by atoms with Gasteiger partial charge in [-0.2, -0.15) is 0 Å². The van der Waals surface area contributed by atoms with Crippen LogP contribution in [-0.2, 0) is 6.17 Å². The first kappa shape index (κ1) is 8.52. The number of rotatable bonds is 2. The lowest BCUT2D eigenvalue weighted by molar-refractivity contribution is 0.807. The maximum Gasteiger partial charge on any atom is 0.105 e. The zero-order valence-electron chi connectivity index (χ0n) is 7.76. The van der Waals surface area contributed by atoms with E-state index in [0.717, 1.165) is 5.82 Å². The Balaban J connectivity index is 2.72. The summed E-state index contributed by atoms with van der Waals surface area (Å²) in [7, 11) is -0.970. The molecular weight excluding hydrogens is 152 g/mol. The van der Waals surface area contributed by atoms with Gasteiger partial charge >= 0.3 is 0 Å². The highest BCUT2D eigenvalue weighted by Crippen LogP contribution is 2.06. The van der Waals surface area contributed by atoms with Gasteiger partial charge in [0.25, 0.3) is 0 Å². The third-order valence-corrected chi connectivity index (χ3v) is 2.86. The summed E-state index contributed by atoms with van der Waals surface area (Å²) in [5.74, 6) is 1.13. The Hall–Kier alpha value is -0.573. The van der Waals surface area contributed by atoms with Crippen LogP contribution in [0.25, 0.3) is 0 Å². The van der Waals surface area contributed by atoms with Crippen LogP contribution in [0, 0.1) is 6.92 Å². The number of nitrogens with zero attached hydrogens (tertiary/aromatic N) is 2. The molecule has 1 aromatic rings. The molecule has 62 valence electrons. The largest absolute Gasteiger partial charge is 0.338 e. The molecular formula is C8H16N2Si. The van der Waals surface area contributed by atoms with Crippen LogP contribution in [0.5, 0.6) is 0 Å². The lowest BCUT2D eigenvalue weighted by Crippen LogP contribution is -2.28. The highest BCUT2D eigenvalue weighted by Gasteiger charge is 2.14. The second-order valence-corrected chi connectivity index (χ2v) is 9.60. The molecule has 0 atom stereocenters. The van der Waals surface area contributed by atoms with Crippen LogP contribution < -0.4 is 0 Å². The van der Waals surface area contributed by atoms with E-state index in [1.807, 2.05) is 6.20 Å². The van der Waals surface area contributed by atoms with E-state index in [1.54, 1.807) is 0 Å². The predicted octanol–water partition coefficient (Wildman–Crippen LogP) is 2.07. The molecule has 0 aliphatic heterocycles. The van der Waals surface area contributed by atoms with E-state index >= 15 is 0 Å². The molecule has 0 N–H and O–H groups in total. The molecule has 0 aliphatic rings. The van der Waals surface area contributed by atoms with Crippen molar-refractivity contribution >= 4 is 8.07 Å². The number of hydrogen-bond acceptors (Lipinski definition) is 1. The van der Waals surface area contributed by atoms with Gasteiger partial charge in [-0.25, -0.2) is 4.98 Å². The van der Waals surface area contributed by atoms with Crippen molar-refractivity contribution < 1.29 is 0 Å². The van der Waals surface area contributed by atoms with E-state index in [0.29, 0.717) is 0 Å². The van der Waals surface area contributed by atoms with Gasteiger partial charge < -0.3 is 4.57 Å². The number of hydrogen-bond donors (Lipinski definition) is 0. The maximum atomic E-state index is 4.19. The lowest BCUT2D eigenvalue weighted by atomic mass is 10.7. The Morgan fingerprint density at radius 3 is 2.45 bits per heavy atom. The molecule has 0 spiro atoms. The summed E-state index contributed by atoms with van der Waals surface area (Å²) in [5, 5.41) is 0. The average Bonchev–Trinajstić information content (AvgIpc) is 2.12. The molecule has 0 fully saturated rings. The Labute approximate surface area is 69.3 Å². The summed E-state index contributed by atoms with van der Waals surface area (Å²) in [5.41, 5.74) is 0. The van der Waals surface area contributed by atoms with E-state index in [1.165, 1.54) is 6.17 Å². The van der Waals surface area contributed by atoms with Crippen LogP contribution in [0.2, 0.25) is 19.6 Å². The average molecular weight is 168 g/mol. The monoisotopic (exact) mass is 168 g/mol. The number of aryl methyl sites for hydroxylation is 1. The zero-order chi connectivity index (χ0) is 8.48. The third-order valence-electron chi connectivity index (χ3n) is 1.57. The fraction of sp³-hybridized carbons (Fsp3) is 0.625. The molecule has 0 aliphatic carbocycles. The maximum absolute atomic E-state index is 4.19. The minimum atomic E-state index is -0.970. The van der Waals surface area contributed by atoms with Crippen molar-refractivity contribution in [1.82, 2.24) is 9.55 Å². The summed E-state index contributed by atoms with van der Waals surface area (Å²) in [6.07, 6.45) is 5.11. The molecule has 0 bridgehead atoms. The molecule has 0 amide bonds. The molecule has 0 saturated heterocycles. The predicted molar refractivity (Wildman–Crippen MR) is 50.3 cm³/mol. The van der Waals surface area contributed by atoms with Gasteiger partial charge in [0.1, 0.15) is 5.82 Å². The molecule has 0 radical (unpaired) electrons. The summed E-state index contributed by atoms with van der Waals surface area (Å²) < 4.78 is 2.24. The lowest BCUT2D eigenvalue weighted by Gasteiger charge is -2.17. The first-order valence-electron chi connectivity index (χ1n) is 3.97. The van der Waals surface area contributed by atoms with Gasteiger partial charge in [-0.3, -0.25) is 0 Å². The summed E-state index contributed by atoms with van der Waals surface area (Å²) in [6, 6.07) is 0. The second kappa shape index (κ2) is 2.81. The molecule has 1 rings (SSSR count). The van der Waals surface area contributed by atoms with Crippen molar-refractivity contribution in [2.24, 2.45) is 0 Å². The molecule has 11 heavy (non-hydrogen) atoms. The fourth-order valence-corrected chi connectivity index (χ4v) is 2.44. The van der Waals surface area contributed by atoms with Gasteiger partial charge in [0, 0.05) is 18.6 Å². The van der Waals surface area contributed by atoms with Crippen molar-refractivity contribution in [3.05, 3.63) is 18.2 Å². The van der Waals surface area contributed by atoms with Gasteiger partial charge in [-0.1, -0.05) is 19.6 Å². The number of aromatic nitrogens is 2. The van der Waals surface area contributed by atoms with Crippen LogP contribution in [-0.4, -0.2) is 17.6 Å². The van der Waals surface area contributed by atoms with Crippen molar-refractivity contribution in [3.8, 4) is 0 Å². The molecule has 1 heterocycles. The molecule has 3 heteroatoms. The Kier molecular flexibility index (Phi) is 2.18. The quantitative estimate of drug-likeness (QED) is 0.618. The second-order valence-electron chi connectivity index (χ2n) is 4.16. The molecule has 0 saturated carbocycles. The number of imidazole rings is 1. The van der Waals surface area contributed by atoms with Crippen molar-refractivity contribution in [2.45, 2.75) is 32.7 Å². The smallest absolute Gasteiger partial charge is 0.105 e. The van der Waals surface area contributed by atoms with Crippen molar-refractivity contribution in [1.29, 1.82) is 0 Å². The Bertz CT molecular complexity index is 234. The summed E-state index contributed by atoms with van der Waals surface area (Å²) in [4.78, 5) is 4.19. The highest BCUT2D eigenvalue weighted by molar-refractivity contribution is 6.74. The van der Waals surface area contributed by atoms with Crippen LogP contribution in [0.4, 0.5) is 0 Å². The SMILES string of the molecule is Cc1nccn1C[Si](C)(C)C. The highest BCUT2D eigenvalue weighted by atomic mass is 28.3. The van der Waals surface area contributed by atoms with E-state index in [9.17, 15) is 0 Å². The third kappa shape index (κ3) is 2.50. The van der Waals surface area contributed by atoms with Gasteiger partial charge in [0.15, 0.2) is 0 Å². The van der Waals surface area contributed by atoms with Gasteiger partial charge in [0.2, 0.25) is 0 Å². The van der Waals surface area contributed by atoms with E-state index in [-0.39, 0.29) is 0 Å². The summed E-state index contributed by atoms with van der Waals surface area (Å²) >= 11 is 0. The molecule has 0 unspecified atom stereocenters. The van der Waals surface area contributed by atoms with Crippen molar-refractivity contribution in [2.75, 3.05) is 0 Å². The van der Waals surface area contributed by atoms with Crippen LogP contribution in [0.3, 0.4) is 0 Å². The van der Waals surface area contributed by atoms with Crippen molar-refractivity contribution in [3.63, 3.8) is 0 Å². The van der Waals surface area contributed by atoms with E-state index in [4.69, 9.17) is 0 Å². The molecule has 2 nitrogen and oxygen atoms in total. The fourth-order valence-electron chi connectivity index (χ4n) is 1.08. The normalized spacial score (nSPS) is 12.0. The Morgan fingerprint density at radius 2 is 2.09 bits per heavy atom. The minimum absolute atomic E-state index is 0.970. The zero-order valence-corrected chi connectivity index (χ0v) is 8.76. The van der Waals surface area contributed by atoms with Crippen LogP contribution in [0.1, 0.15) is 5.82 Å². The first-order valence-corrected chi connectivity index (χ1v) is 7.67. The van der Waals surface area contributed by atoms with E-state index < -0.39 is 8.07 Å². The van der Waals surface area contributed by atoms with Gasteiger partial charge in [-0.05, 0) is 6.92 Å². The van der Waals surface area contributed by atoms with Gasteiger partial charge in [0.05, 0.1) is 8.07 Å². The molecule has 1 aromatic heterocycles. The Morgan fingerprint density at radius 1 is 1.45 bits per heavy atom. The van der Waals surface area contributed by atoms with Crippen LogP contribution >= 0.6 is 0 Å². The van der Waals surface area contributed by atoms with Crippen LogP contribution in [0.15, 0.2) is 12.4 Å². The van der Waals surface area contributed by atoms with E-state index in [2.05, 4.69) is 42.3 Å². The van der Waals surface area contributed by atoms with Gasteiger partial charge in [-0.15, -0.1) is 0 Å². The topological polar surface area (TPSA) is 17.8 Å². The molecule has 0 aromatic carbocycles. The first-order chi connectivity index (χ1) is 4.99.